The molecule has 2 amide bonds. The molecule has 0 radical (unpaired) electrons. The normalized spacial score (nSPS) is 15.2. The van der Waals surface area contributed by atoms with Crippen molar-refractivity contribution in [2.75, 3.05) is 24.7 Å². The fourth-order valence-corrected chi connectivity index (χ4v) is 1.87. The van der Waals surface area contributed by atoms with E-state index in [1.807, 2.05) is 0 Å². The Bertz CT molecular complexity index is 572. The predicted octanol–water partition coefficient (Wildman–Crippen LogP) is 0.574. The molecule has 2 rings (SSSR count). The zero-order valence-electron chi connectivity index (χ0n) is 9.85. The van der Waals surface area contributed by atoms with Gasteiger partial charge in [-0.05, 0) is 18.2 Å². The number of halogens is 1. The minimum atomic E-state index is -0.467. The van der Waals surface area contributed by atoms with Crippen LogP contribution in [0.15, 0.2) is 18.2 Å². The van der Waals surface area contributed by atoms with Gasteiger partial charge in [-0.25, -0.2) is 4.90 Å². The molecule has 0 unspecified atom stereocenters. The lowest BCUT2D eigenvalue weighted by molar-refractivity contribution is -0.138. The number of hydrogen-bond acceptors (Lipinski definition) is 4. The lowest BCUT2D eigenvalue weighted by atomic mass is 10.1. The van der Waals surface area contributed by atoms with E-state index < -0.39 is 11.8 Å². The molecule has 6 heteroatoms. The van der Waals surface area contributed by atoms with Crippen molar-refractivity contribution < 1.29 is 19.4 Å². The summed E-state index contributed by atoms with van der Waals surface area (Å²) >= 11 is 6.01. The van der Waals surface area contributed by atoms with Gasteiger partial charge in [-0.15, -0.1) is 0 Å². The van der Waals surface area contributed by atoms with E-state index in [-0.39, 0.29) is 30.5 Å². The maximum absolute atomic E-state index is 11.7. The maximum atomic E-state index is 11.7. The predicted molar refractivity (Wildman–Crippen MR) is 68.7 cm³/mol. The molecular formula is C13H10ClNO4. The highest BCUT2D eigenvalue weighted by Crippen LogP contribution is 2.28. The Hall–Kier alpha value is -1.87. The molecule has 1 aromatic carbocycles. The lowest BCUT2D eigenvalue weighted by Gasteiger charge is -2.25. The second-order valence-corrected chi connectivity index (χ2v) is 4.15. The number of aliphatic hydroxyl groups excluding tert-OH is 1. The van der Waals surface area contributed by atoms with E-state index in [9.17, 15) is 9.59 Å². The number of carbonyl (C=O) groups is 2. The second-order valence-electron chi connectivity index (χ2n) is 3.74. The average molecular weight is 280 g/mol. The van der Waals surface area contributed by atoms with Crippen LogP contribution in [-0.4, -0.2) is 36.7 Å². The van der Waals surface area contributed by atoms with Crippen molar-refractivity contribution in [3.05, 3.63) is 28.8 Å². The standard InChI is InChI=1S/C13H10ClNO4/c14-10-4-3-9(2-1-5-16)6-11(10)15-12(17)7-19-8-13(15)18/h3-4,6,16H,5,7-8H2. The molecule has 0 atom stereocenters. The van der Waals surface area contributed by atoms with Gasteiger partial charge in [0.15, 0.2) is 0 Å². The van der Waals surface area contributed by atoms with Crippen LogP contribution in [0.4, 0.5) is 5.69 Å². The van der Waals surface area contributed by atoms with E-state index in [0.717, 1.165) is 4.90 Å². The van der Waals surface area contributed by atoms with Gasteiger partial charge in [0.25, 0.3) is 11.8 Å². The number of amides is 2. The van der Waals surface area contributed by atoms with Gasteiger partial charge in [0.1, 0.15) is 19.8 Å². The molecule has 0 aromatic heterocycles. The molecule has 19 heavy (non-hydrogen) atoms. The largest absolute Gasteiger partial charge is 0.384 e. The highest BCUT2D eigenvalue weighted by Gasteiger charge is 2.29. The van der Waals surface area contributed by atoms with Gasteiger partial charge >= 0.3 is 0 Å². The molecule has 1 aliphatic rings. The van der Waals surface area contributed by atoms with Crippen molar-refractivity contribution in [3.8, 4) is 11.8 Å². The van der Waals surface area contributed by atoms with Gasteiger partial charge in [-0.1, -0.05) is 23.4 Å². The Morgan fingerprint density at radius 3 is 2.63 bits per heavy atom. The average Bonchev–Trinajstić information content (AvgIpc) is 2.39. The first-order valence-electron chi connectivity index (χ1n) is 5.46. The number of aliphatic hydroxyl groups is 1. The Morgan fingerprint density at radius 2 is 2.00 bits per heavy atom. The van der Waals surface area contributed by atoms with Crippen molar-refractivity contribution in [1.29, 1.82) is 0 Å². The highest BCUT2D eigenvalue weighted by atomic mass is 35.5. The molecule has 0 saturated carbocycles. The number of anilines is 1. The minimum Gasteiger partial charge on any atom is -0.384 e. The molecule has 0 aliphatic carbocycles. The number of hydrogen-bond donors (Lipinski definition) is 1. The van der Waals surface area contributed by atoms with Crippen LogP contribution < -0.4 is 4.90 Å². The maximum Gasteiger partial charge on any atom is 0.259 e. The van der Waals surface area contributed by atoms with Gasteiger partial charge in [0.2, 0.25) is 0 Å². The number of ether oxygens (including phenoxy) is 1. The third-order valence-electron chi connectivity index (χ3n) is 2.45. The van der Waals surface area contributed by atoms with Crippen molar-refractivity contribution in [1.82, 2.24) is 0 Å². The van der Waals surface area contributed by atoms with Crippen molar-refractivity contribution >= 4 is 29.1 Å². The molecule has 1 aromatic rings. The van der Waals surface area contributed by atoms with Crippen molar-refractivity contribution in [2.45, 2.75) is 0 Å². The minimum absolute atomic E-state index is 0.158. The van der Waals surface area contributed by atoms with Crippen LogP contribution in [0.2, 0.25) is 5.02 Å². The molecule has 1 fully saturated rings. The summed E-state index contributed by atoms with van der Waals surface area (Å²) < 4.78 is 4.84. The zero-order valence-corrected chi connectivity index (χ0v) is 10.6. The summed E-state index contributed by atoms with van der Waals surface area (Å²) in [5.74, 6) is 4.24. The number of rotatable bonds is 1. The molecule has 1 N–H and O–H groups in total. The summed E-state index contributed by atoms with van der Waals surface area (Å²) in [6, 6.07) is 4.73. The molecule has 0 spiro atoms. The van der Waals surface area contributed by atoms with Crippen LogP contribution in [0, 0.1) is 11.8 Å². The van der Waals surface area contributed by atoms with E-state index in [2.05, 4.69) is 11.8 Å². The summed E-state index contributed by atoms with van der Waals surface area (Å²) in [5.41, 5.74) is 0.838. The monoisotopic (exact) mass is 279 g/mol. The van der Waals surface area contributed by atoms with Crippen molar-refractivity contribution in [2.24, 2.45) is 0 Å². The Balaban J connectivity index is 2.42. The van der Waals surface area contributed by atoms with E-state index in [4.69, 9.17) is 21.4 Å². The Morgan fingerprint density at radius 1 is 1.32 bits per heavy atom. The van der Waals surface area contributed by atoms with Gasteiger partial charge in [-0.2, -0.15) is 0 Å². The highest BCUT2D eigenvalue weighted by molar-refractivity contribution is 6.35. The van der Waals surface area contributed by atoms with Gasteiger partial charge in [0, 0.05) is 5.56 Å². The summed E-state index contributed by atoms with van der Waals surface area (Å²) in [4.78, 5) is 24.5. The summed E-state index contributed by atoms with van der Waals surface area (Å²) in [6.07, 6.45) is 0. The van der Waals surface area contributed by atoms with Crippen LogP contribution in [0.25, 0.3) is 0 Å². The zero-order chi connectivity index (χ0) is 13.8. The summed E-state index contributed by atoms with van der Waals surface area (Å²) in [7, 11) is 0. The first-order chi connectivity index (χ1) is 9.13. The van der Waals surface area contributed by atoms with Crippen LogP contribution in [0.3, 0.4) is 0 Å². The smallest absolute Gasteiger partial charge is 0.259 e. The van der Waals surface area contributed by atoms with E-state index in [0.29, 0.717) is 5.56 Å². The first-order valence-corrected chi connectivity index (χ1v) is 5.84. The third-order valence-corrected chi connectivity index (χ3v) is 2.77. The topological polar surface area (TPSA) is 66.8 Å². The fourth-order valence-electron chi connectivity index (χ4n) is 1.67. The molecule has 98 valence electrons. The molecule has 0 bridgehead atoms. The summed E-state index contributed by atoms with van der Waals surface area (Å²) in [5, 5.41) is 8.93. The Kier molecular flexibility index (Phi) is 4.17. The molecule has 5 nitrogen and oxygen atoms in total. The lowest BCUT2D eigenvalue weighted by Crippen LogP contribution is -2.46. The number of carbonyl (C=O) groups excluding carboxylic acids is 2. The SMILES string of the molecule is O=C1COCC(=O)N1c1cc(C#CCO)ccc1Cl. The molecule has 1 saturated heterocycles. The number of nitrogens with zero attached hydrogens (tertiary/aromatic N) is 1. The number of morpholine rings is 1. The second kappa shape index (κ2) is 5.85. The van der Waals surface area contributed by atoms with E-state index >= 15 is 0 Å². The molecule has 1 aliphatic heterocycles. The quantitative estimate of drug-likeness (QED) is 0.603. The first kappa shape index (κ1) is 13.6. The summed E-state index contributed by atoms with van der Waals surface area (Å²) in [6.45, 7) is -0.587. The third kappa shape index (κ3) is 2.93. The van der Waals surface area contributed by atoms with Gasteiger partial charge in [0.05, 0.1) is 10.7 Å². The van der Waals surface area contributed by atoms with Crippen LogP contribution in [-0.2, 0) is 14.3 Å². The van der Waals surface area contributed by atoms with Crippen LogP contribution in [0.1, 0.15) is 5.56 Å². The van der Waals surface area contributed by atoms with E-state index in [1.165, 1.54) is 6.07 Å². The van der Waals surface area contributed by atoms with Gasteiger partial charge in [-0.3, -0.25) is 9.59 Å². The van der Waals surface area contributed by atoms with Crippen molar-refractivity contribution in [3.63, 3.8) is 0 Å². The fraction of sp³-hybridized carbons (Fsp3) is 0.231. The van der Waals surface area contributed by atoms with Gasteiger partial charge < -0.3 is 9.84 Å². The molecule has 1 heterocycles. The Labute approximate surface area is 114 Å². The van der Waals surface area contributed by atoms with Crippen LogP contribution in [0.5, 0.6) is 0 Å². The van der Waals surface area contributed by atoms with Crippen LogP contribution >= 0.6 is 11.6 Å². The number of imide groups is 1. The number of benzene rings is 1. The molecular weight excluding hydrogens is 270 g/mol. The van der Waals surface area contributed by atoms with E-state index in [1.54, 1.807) is 12.1 Å².